The van der Waals surface area contributed by atoms with Crippen molar-refractivity contribution >= 4 is 5.69 Å². The number of rotatable bonds is 4. The minimum atomic E-state index is 0.744. The summed E-state index contributed by atoms with van der Waals surface area (Å²) in [6.07, 6.45) is 1.82. The minimum Gasteiger partial charge on any atom is -0.398 e. The summed E-state index contributed by atoms with van der Waals surface area (Å²) in [5.41, 5.74) is 7.87. The van der Waals surface area contributed by atoms with Crippen LogP contribution in [0.15, 0.2) is 24.3 Å². The Labute approximate surface area is 101 Å². The third-order valence-electron chi connectivity index (χ3n) is 2.86. The lowest BCUT2D eigenvalue weighted by atomic mass is 10.1. The molecule has 90 valence electrons. The fraction of sp³-hybridized carbons (Fsp3) is 0.385. The Morgan fingerprint density at radius 2 is 2.00 bits per heavy atom. The molecular weight excluding hydrogens is 212 g/mol. The number of anilines is 1. The lowest BCUT2D eigenvalue weighted by molar-refractivity contribution is 0.630. The van der Waals surface area contributed by atoms with Crippen LogP contribution in [-0.2, 0) is 13.0 Å². The first kappa shape index (κ1) is 11.6. The average Bonchev–Trinajstić information content (AvgIpc) is 2.65. The van der Waals surface area contributed by atoms with Crippen molar-refractivity contribution < 1.29 is 0 Å². The van der Waals surface area contributed by atoms with Gasteiger partial charge in [-0.1, -0.05) is 25.1 Å². The quantitative estimate of drug-likeness (QED) is 0.819. The summed E-state index contributed by atoms with van der Waals surface area (Å²) >= 11 is 0. The first-order valence-electron chi connectivity index (χ1n) is 5.94. The molecule has 2 N–H and O–H groups in total. The molecular formula is C13H18N4. The van der Waals surface area contributed by atoms with E-state index >= 15 is 0 Å². The molecule has 4 heteroatoms. The molecule has 17 heavy (non-hydrogen) atoms. The van der Waals surface area contributed by atoms with E-state index in [9.17, 15) is 0 Å². The molecule has 0 saturated carbocycles. The van der Waals surface area contributed by atoms with E-state index in [1.54, 1.807) is 0 Å². The SMILES string of the molecule is CCCn1c(C)nnc1Cc1ccccc1N. The highest BCUT2D eigenvalue weighted by Gasteiger charge is 2.09. The molecule has 0 aliphatic heterocycles. The predicted octanol–water partition coefficient (Wildman–Crippen LogP) is 2.17. The Bertz CT molecular complexity index is 502. The Balaban J connectivity index is 2.27. The van der Waals surface area contributed by atoms with Crippen LogP contribution < -0.4 is 5.73 Å². The number of nitrogens with two attached hydrogens (primary N) is 1. The highest BCUT2D eigenvalue weighted by atomic mass is 15.3. The van der Waals surface area contributed by atoms with Crippen LogP contribution in [0.3, 0.4) is 0 Å². The van der Waals surface area contributed by atoms with Crippen molar-refractivity contribution in [3.63, 3.8) is 0 Å². The van der Waals surface area contributed by atoms with Gasteiger partial charge in [0.15, 0.2) is 0 Å². The Morgan fingerprint density at radius 1 is 1.24 bits per heavy atom. The Hall–Kier alpha value is -1.84. The summed E-state index contributed by atoms with van der Waals surface area (Å²) in [5.74, 6) is 1.96. The van der Waals surface area contributed by atoms with Gasteiger partial charge in [0.2, 0.25) is 0 Å². The summed E-state index contributed by atoms with van der Waals surface area (Å²) in [5, 5.41) is 8.36. The zero-order chi connectivity index (χ0) is 12.3. The smallest absolute Gasteiger partial charge is 0.137 e. The first-order chi connectivity index (χ1) is 8.22. The lowest BCUT2D eigenvalue weighted by Crippen LogP contribution is -2.07. The first-order valence-corrected chi connectivity index (χ1v) is 5.94. The van der Waals surface area contributed by atoms with E-state index in [1.807, 2.05) is 31.2 Å². The van der Waals surface area contributed by atoms with Crippen LogP contribution in [0.25, 0.3) is 0 Å². The van der Waals surface area contributed by atoms with Crippen molar-refractivity contribution in [1.82, 2.24) is 14.8 Å². The second-order valence-corrected chi connectivity index (χ2v) is 4.19. The number of hydrogen-bond donors (Lipinski definition) is 1. The number of aryl methyl sites for hydroxylation is 1. The molecule has 0 radical (unpaired) electrons. The van der Waals surface area contributed by atoms with Crippen LogP contribution in [-0.4, -0.2) is 14.8 Å². The number of nitrogens with zero attached hydrogens (tertiary/aromatic N) is 3. The summed E-state index contributed by atoms with van der Waals surface area (Å²) in [6, 6.07) is 7.90. The maximum absolute atomic E-state index is 5.94. The lowest BCUT2D eigenvalue weighted by Gasteiger charge is -2.08. The second kappa shape index (κ2) is 4.99. The van der Waals surface area contributed by atoms with Crippen LogP contribution in [0.4, 0.5) is 5.69 Å². The molecule has 0 amide bonds. The number of benzene rings is 1. The van der Waals surface area contributed by atoms with Gasteiger partial charge < -0.3 is 10.3 Å². The Morgan fingerprint density at radius 3 is 2.71 bits per heavy atom. The van der Waals surface area contributed by atoms with Gasteiger partial charge in [-0.2, -0.15) is 0 Å². The molecule has 0 unspecified atom stereocenters. The van der Waals surface area contributed by atoms with E-state index in [4.69, 9.17) is 5.73 Å². The highest BCUT2D eigenvalue weighted by molar-refractivity contribution is 5.47. The normalized spacial score (nSPS) is 10.7. The van der Waals surface area contributed by atoms with Gasteiger partial charge in [-0.25, -0.2) is 0 Å². The van der Waals surface area contributed by atoms with E-state index in [2.05, 4.69) is 21.7 Å². The summed E-state index contributed by atoms with van der Waals surface area (Å²) < 4.78 is 2.16. The van der Waals surface area contributed by atoms with Crippen LogP contribution in [0.2, 0.25) is 0 Å². The molecule has 1 aromatic carbocycles. The van der Waals surface area contributed by atoms with E-state index in [-0.39, 0.29) is 0 Å². The number of aromatic nitrogens is 3. The summed E-state index contributed by atoms with van der Waals surface area (Å²) in [4.78, 5) is 0. The summed E-state index contributed by atoms with van der Waals surface area (Å²) in [6.45, 7) is 5.10. The largest absolute Gasteiger partial charge is 0.398 e. The molecule has 2 rings (SSSR count). The van der Waals surface area contributed by atoms with Crippen molar-refractivity contribution in [2.45, 2.75) is 33.2 Å². The van der Waals surface area contributed by atoms with Gasteiger partial charge in [-0.15, -0.1) is 10.2 Å². The molecule has 2 aromatic rings. The van der Waals surface area contributed by atoms with Gasteiger partial charge in [-0.05, 0) is 25.0 Å². The average molecular weight is 230 g/mol. The minimum absolute atomic E-state index is 0.744. The van der Waals surface area contributed by atoms with E-state index in [1.165, 1.54) is 0 Å². The van der Waals surface area contributed by atoms with Crippen molar-refractivity contribution in [3.05, 3.63) is 41.5 Å². The van der Waals surface area contributed by atoms with Gasteiger partial charge in [0.25, 0.3) is 0 Å². The number of hydrogen-bond acceptors (Lipinski definition) is 3. The molecule has 0 atom stereocenters. The van der Waals surface area contributed by atoms with E-state index in [0.29, 0.717) is 0 Å². The maximum Gasteiger partial charge on any atom is 0.137 e. The van der Waals surface area contributed by atoms with Crippen LogP contribution in [0.5, 0.6) is 0 Å². The van der Waals surface area contributed by atoms with Crippen molar-refractivity contribution in [2.75, 3.05) is 5.73 Å². The number of nitrogen functional groups attached to an aromatic ring is 1. The van der Waals surface area contributed by atoms with Crippen molar-refractivity contribution in [1.29, 1.82) is 0 Å². The van der Waals surface area contributed by atoms with E-state index < -0.39 is 0 Å². The summed E-state index contributed by atoms with van der Waals surface area (Å²) in [7, 11) is 0. The highest BCUT2D eigenvalue weighted by Crippen LogP contribution is 2.15. The van der Waals surface area contributed by atoms with Gasteiger partial charge >= 0.3 is 0 Å². The zero-order valence-corrected chi connectivity index (χ0v) is 10.3. The third kappa shape index (κ3) is 2.46. The third-order valence-corrected chi connectivity index (χ3v) is 2.86. The molecule has 1 heterocycles. The molecule has 0 aliphatic carbocycles. The molecule has 0 bridgehead atoms. The van der Waals surface area contributed by atoms with Crippen LogP contribution in [0, 0.1) is 6.92 Å². The number of para-hydroxylation sites is 1. The predicted molar refractivity (Wildman–Crippen MR) is 68.7 cm³/mol. The van der Waals surface area contributed by atoms with Gasteiger partial charge in [-0.3, -0.25) is 0 Å². The topological polar surface area (TPSA) is 56.7 Å². The maximum atomic E-state index is 5.94. The fourth-order valence-electron chi connectivity index (χ4n) is 1.94. The van der Waals surface area contributed by atoms with Crippen LogP contribution >= 0.6 is 0 Å². The second-order valence-electron chi connectivity index (χ2n) is 4.19. The van der Waals surface area contributed by atoms with Crippen molar-refractivity contribution in [3.8, 4) is 0 Å². The molecule has 0 fully saturated rings. The Kier molecular flexibility index (Phi) is 3.42. The standard InChI is InChI=1S/C13H18N4/c1-3-8-17-10(2)15-16-13(17)9-11-6-4-5-7-12(11)14/h4-7H,3,8-9,14H2,1-2H3. The monoisotopic (exact) mass is 230 g/mol. The fourth-order valence-corrected chi connectivity index (χ4v) is 1.94. The molecule has 0 aliphatic rings. The van der Waals surface area contributed by atoms with E-state index in [0.717, 1.165) is 42.3 Å². The molecule has 4 nitrogen and oxygen atoms in total. The molecule has 0 spiro atoms. The van der Waals surface area contributed by atoms with Crippen molar-refractivity contribution in [2.24, 2.45) is 0 Å². The molecule has 0 saturated heterocycles. The van der Waals surface area contributed by atoms with Gasteiger partial charge in [0, 0.05) is 18.7 Å². The van der Waals surface area contributed by atoms with Gasteiger partial charge in [0.05, 0.1) is 0 Å². The molecule has 1 aromatic heterocycles. The van der Waals surface area contributed by atoms with Crippen LogP contribution in [0.1, 0.15) is 30.6 Å². The zero-order valence-electron chi connectivity index (χ0n) is 10.3. The van der Waals surface area contributed by atoms with Gasteiger partial charge in [0.1, 0.15) is 11.6 Å².